The maximum Gasteiger partial charge on any atom is -0.00746 e. The summed E-state index contributed by atoms with van der Waals surface area (Å²) in [5, 5.41) is 0. The Bertz CT molecular complexity index is 138. The fourth-order valence-electron chi connectivity index (χ4n) is 1.77. The molecule has 0 bridgehead atoms. The lowest BCUT2D eigenvalue weighted by Gasteiger charge is -2.11. The average Bonchev–Trinajstić information content (AvgIpc) is 2.17. The number of nitrogens with two attached hydrogens (primary N) is 1. The number of hydrogen-bond acceptors (Lipinski definition) is 1. The molecule has 0 aromatic heterocycles. The number of hydrogen-bond donors (Lipinski definition) is 1. The third-order valence-corrected chi connectivity index (χ3v) is 2.59. The molecule has 1 aliphatic rings. The van der Waals surface area contributed by atoms with Crippen LogP contribution in [-0.2, 0) is 0 Å². The van der Waals surface area contributed by atoms with E-state index in [2.05, 4.69) is 13.0 Å². The van der Waals surface area contributed by atoms with E-state index in [0.29, 0.717) is 0 Å². The van der Waals surface area contributed by atoms with Gasteiger partial charge in [0.1, 0.15) is 0 Å². The Hall–Kier alpha value is -0.300. The summed E-state index contributed by atoms with van der Waals surface area (Å²) in [5.41, 5.74) is 7.10. The van der Waals surface area contributed by atoms with E-state index in [9.17, 15) is 0 Å². The highest BCUT2D eigenvalue weighted by Gasteiger charge is 2.09. The van der Waals surface area contributed by atoms with E-state index in [0.717, 1.165) is 12.5 Å². The topological polar surface area (TPSA) is 26.0 Å². The lowest BCUT2D eigenvalue weighted by molar-refractivity contribution is 0.438. The van der Waals surface area contributed by atoms with Gasteiger partial charge in [0.25, 0.3) is 0 Å². The molecule has 1 nitrogen and oxygen atoms in total. The Morgan fingerprint density at radius 3 is 3.09 bits per heavy atom. The summed E-state index contributed by atoms with van der Waals surface area (Å²) < 4.78 is 0. The van der Waals surface area contributed by atoms with Crippen LogP contribution in [0, 0.1) is 5.92 Å². The molecule has 0 fully saturated rings. The fraction of sp³-hybridized carbons (Fsp3) is 0.800. The van der Waals surface area contributed by atoms with Crippen molar-refractivity contribution in [3.63, 3.8) is 0 Å². The second-order valence-electron chi connectivity index (χ2n) is 3.61. The molecule has 0 amide bonds. The second-order valence-corrected chi connectivity index (χ2v) is 3.61. The molecule has 0 aromatic rings. The van der Waals surface area contributed by atoms with Crippen molar-refractivity contribution in [2.75, 3.05) is 6.54 Å². The molecule has 1 rings (SSSR count). The quantitative estimate of drug-likeness (QED) is 0.606. The zero-order chi connectivity index (χ0) is 8.10. The van der Waals surface area contributed by atoms with Crippen LogP contribution in [0.4, 0.5) is 0 Å². The first-order valence-electron chi connectivity index (χ1n) is 4.68. The Morgan fingerprint density at radius 2 is 2.36 bits per heavy atom. The lowest BCUT2D eigenvalue weighted by atomic mass is 9.96. The molecule has 0 heterocycles. The van der Waals surface area contributed by atoms with E-state index in [1.165, 1.54) is 32.1 Å². The van der Waals surface area contributed by atoms with Gasteiger partial charge in [-0.15, -0.1) is 0 Å². The molecule has 1 aliphatic carbocycles. The maximum absolute atomic E-state index is 5.53. The van der Waals surface area contributed by atoms with Crippen molar-refractivity contribution in [2.45, 2.75) is 39.0 Å². The first-order valence-corrected chi connectivity index (χ1v) is 4.68. The molecule has 0 aromatic carbocycles. The van der Waals surface area contributed by atoms with E-state index in [-0.39, 0.29) is 0 Å². The van der Waals surface area contributed by atoms with Gasteiger partial charge in [0.2, 0.25) is 0 Å². The first-order chi connectivity index (χ1) is 5.33. The van der Waals surface area contributed by atoms with Gasteiger partial charge < -0.3 is 5.73 Å². The van der Waals surface area contributed by atoms with Crippen molar-refractivity contribution in [1.29, 1.82) is 0 Å². The van der Waals surface area contributed by atoms with E-state index in [1.54, 1.807) is 5.57 Å². The normalized spacial score (nSPS) is 26.0. The predicted octanol–water partition coefficient (Wildman–Crippen LogP) is 2.47. The summed E-state index contributed by atoms with van der Waals surface area (Å²) in [6.07, 6.45) is 8.90. The van der Waals surface area contributed by atoms with E-state index >= 15 is 0 Å². The smallest absolute Gasteiger partial charge is 0.00746 e. The van der Waals surface area contributed by atoms with Crippen LogP contribution in [0.2, 0.25) is 0 Å². The Labute approximate surface area is 69.7 Å². The Kier molecular flexibility index (Phi) is 3.64. The minimum atomic E-state index is 0.865. The second kappa shape index (κ2) is 4.55. The van der Waals surface area contributed by atoms with Crippen LogP contribution in [0.15, 0.2) is 11.6 Å². The van der Waals surface area contributed by atoms with Gasteiger partial charge in [-0.3, -0.25) is 0 Å². The first kappa shape index (κ1) is 8.79. The van der Waals surface area contributed by atoms with Crippen LogP contribution >= 0.6 is 0 Å². The SMILES string of the molecule is CC1=CCCC(CCN)CC1. The highest BCUT2D eigenvalue weighted by molar-refractivity contribution is 5.00. The highest BCUT2D eigenvalue weighted by atomic mass is 14.5. The third-order valence-electron chi connectivity index (χ3n) is 2.59. The maximum atomic E-state index is 5.53. The summed E-state index contributed by atoms with van der Waals surface area (Å²) in [7, 11) is 0. The van der Waals surface area contributed by atoms with Gasteiger partial charge in [-0.2, -0.15) is 0 Å². The van der Waals surface area contributed by atoms with Crippen molar-refractivity contribution in [3.8, 4) is 0 Å². The van der Waals surface area contributed by atoms with Gasteiger partial charge in [-0.1, -0.05) is 11.6 Å². The van der Waals surface area contributed by atoms with Crippen LogP contribution in [0.3, 0.4) is 0 Å². The standard InChI is InChI=1S/C10H19N/c1-9-3-2-4-10(6-5-9)7-8-11/h3,10H,2,4-8,11H2,1H3. The highest BCUT2D eigenvalue weighted by Crippen LogP contribution is 2.24. The van der Waals surface area contributed by atoms with Gasteiger partial charge in [-0.05, 0) is 51.5 Å². The van der Waals surface area contributed by atoms with Crippen LogP contribution < -0.4 is 5.73 Å². The van der Waals surface area contributed by atoms with Gasteiger partial charge in [0.15, 0.2) is 0 Å². The monoisotopic (exact) mass is 153 g/mol. The van der Waals surface area contributed by atoms with E-state index in [1.807, 2.05) is 0 Å². The van der Waals surface area contributed by atoms with Gasteiger partial charge in [0.05, 0.1) is 0 Å². The average molecular weight is 153 g/mol. The molecule has 0 saturated carbocycles. The minimum Gasteiger partial charge on any atom is -0.330 e. The number of allylic oxidation sites excluding steroid dienone is 2. The summed E-state index contributed by atoms with van der Waals surface area (Å²) >= 11 is 0. The third kappa shape index (κ3) is 3.06. The molecule has 1 atom stereocenters. The summed E-state index contributed by atoms with van der Waals surface area (Å²) in [4.78, 5) is 0. The van der Waals surface area contributed by atoms with E-state index in [4.69, 9.17) is 5.73 Å². The van der Waals surface area contributed by atoms with E-state index < -0.39 is 0 Å². The van der Waals surface area contributed by atoms with Crippen LogP contribution in [0.1, 0.15) is 39.0 Å². The Balaban J connectivity index is 2.29. The Morgan fingerprint density at radius 1 is 1.55 bits per heavy atom. The fourth-order valence-corrected chi connectivity index (χ4v) is 1.77. The van der Waals surface area contributed by atoms with Crippen molar-refractivity contribution < 1.29 is 0 Å². The molecular formula is C10H19N. The summed E-state index contributed by atoms with van der Waals surface area (Å²) in [6, 6.07) is 0. The predicted molar refractivity (Wildman–Crippen MR) is 49.4 cm³/mol. The van der Waals surface area contributed by atoms with Gasteiger partial charge in [0, 0.05) is 0 Å². The molecule has 0 saturated heterocycles. The summed E-state index contributed by atoms with van der Waals surface area (Å²) in [6.45, 7) is 3.11. The molecule has 0 aliphatic heterocycles. The van der Waals surface area contributed by atoms with Crippen molar-refractivity contribution in [2.24, 2.45) is 11.7 Å². The molecule has 0 radical (unpaired) electrons. The largest absolute Gasteiger partial charge is 0.330 e. The van der Waals surface area contributed by atoms with Crippen LogP contribution in [0.5, 0.6) is 0 Å². The molecule has 0 spiro atoms. The lowest BCUT2D eigenvalue weighted by Crippen LogP contribution is -2.07. The van der Waals surface area contributed by atoms with Crippen molar-refractivity contribution in [3.05, 3.63) is 11.6 Å². The zero-order valence-corrected chi connectivity index (χ0v) is 7.47. The van der Waals surface area contributed by atoms with Crippen LogP contribution in [0.25, 0.3) is 0 Å². The van der Waals surface area contributed by atoms with Gasteiger partial charge >= 0.3 is 0 Å². The molecule has 11 heavy (non-hydrogen) atoms. The zero-order valence-electron chi connectivity index (χ0n) is 7.47. The molecule has 64 valence electrons. The van der Waals surface area contributed by atoms with Crippen molar-refractivity contribution >= 4 is 0 Å². The van der Waals surface area contributed by atoms with Gasteiger partial charge in [-0.25, -0.2) is 0 Å². The molecule has 2 N–H and O–H groups in total. The summed E-state index contributed by atoms with van der Waals surface area (Å²) in [5.74, 6) is 0.897. The van der Waals surface area contributed by atoms with Crippen molar-refractivity contribution in [1.82, 2.24) is 0 Å². The number of rotatable bonds is 2. The molecular weight excluding hydrogens is 134 g/mol. The minimum absolute atomic E-state index is 0.865. The molecule has 1 unspecified atom stereocenters. The van der Waals surface area contributed by atoms with Crippen LogP contribution in [-0.4, -0.2) is 6.54 Å². The molecule has 1 heteroatoms.